The van der Waals surface area contributed by atoms with E-state index in [2.05, 4.69) is 54.3 Å². The van der Waals surface area contributed by atoms with E-state index >= 15 is 0 Å². The second-order valence-corrected chi connectivity index (χ2v) is 5.24. The maximum Gasteiger partial charge on any atom is 0.132 e. The Bertz CT molecular complexity index is 564. The van der Waals surface area contributed by atoms with Gasteiger partial charge in [-0.05, 0) is 49.6 Å². The van der Waals surface area contributed by atoms with Crippen molar-refractivity contribution in [1.29, 1.82) is 0 Å². The van der Waals surface area contributed by atoms with Gasteiger partial charge in [-0.2, -0.15) is 0 Å². The molecule has 0 radical (unpaired) electrons. The van der Waals surface area contributed by atoms with Crippen molar-refractivity contribution < 1.29 is 0 Å². The SMILES string of the molecule is CCCNCc1ccnc(Cc2ccc(C)c(C)c2)n1. The van der Waals surface area contributed by atoms with Gasteiger partial charge in [-0.15, -0.1) is 0 Å². The Kier molecular flexibility index (Phi) is 5.24. The van der Waals surface area contributed by atoms with E-state index in [0.29, 0.717) is 0 Å². The highest BCUT2D eigenvalue weighted by molar-refractivity contribution is 5.31. The molecule has 0 aliphatic rings. The van der Waals surface area contributed by atoms with Gasteiger partial charge in [0.2, 0.25) is 0 Å². The van der Waals surface area contributed by atoms with Crippen LogP contribution in [0.1, 0.15) is 41.6 Å². The molecule has 1 aromatic carbocycles. The highest BCUT2D eigenvalue weighted by atomic mass is 14.9. The molecular weight excluding hydrogens is 246 g/mol. The van der Waals surface area contributed by atoms with Gasteiger partial charge >= 0.3 is 0 Å². The summed E-state index contributed by atoms with van der Waals surface area (Å²) in [6.45, 7) is 8.28. The molecule has 3 nitrogen and oxygen atoms in total. The minimum Gasteiger partial charge on any atom is -0.311 e. The Morgan fingerprint density at radius 1 is 1.10 bits per heavy atom. The summed E-state index contributed by atoms with van der Waals surface area (Å²) < 4.78 is 0. The molecule has 1 N–H and O–H groups in total. The molecule has 1 heterocycles. The molecule has 0 bridgehead atoms. The molecule has 0 aliphatic heterocycles. The van der Waals surface area contributed by atoms with Gasteiger partial charge in [0.05, 0.1) is 5.69 Å². The summed E-state index contributed by atoms with van der Waals surface area (Å²) in [7, 11) is 0. The lowest BCUT2D eigenvalue weighted by molar-refractivity contribution is 0.659. The van der Waals surface area contributed by atoms with Crippen molar-refractivity contribution in [2.45, 2.75) is 40.2 Å². The molecule has 0 fully saturated rings. The number of benzene rings is 1. The first-order chi connectivity index (χ1) is 9.69. The van der Waals surface area contributed by atoms with E-state index in [0.717, 1.165) is 37.4 Å². The average molecular weight is 269 g/mol. The molecule has 0 saturated heterocycles. The van der Waals surface area contributed by atoms with Crippen LogP contribution in [0.25, 0.3) is 0 Å². The summed E-state index contributed by atoms with van der Waals surface area (Å²) in [5, 5.41) is 3.37. The molecule has 106 valence electrons. The maximum atomic E-state index is 4.62. The summed E-state index contributed by atoms with van der Waals surface area (Å²) in [6, 6.07) is 8.53. The van der Waals surface area contributed by atoms with Gasteiger partial charge in [0, 0.05) is 19.2 Å². The van der Waals surface area contributed by atoms with Gasteiger partial charge in [0.25, 0.3) is 0 Å². The Balaban J connectivity index is 2.05. The smallest absolute Gasteiger partial charge is 0.132 e. The number of aromatic nitrogens is 2. The molecule has 0 saturated carbocycles. The Hall–Kier alpha value is -1.74. The van der Waals surface area contributed by atoms with Crippen LogP contribution in [0.15, 0.2) is 30.5 Å². The van der Waals surface area contributed by atoms with E-state index < -0.39 is 0 Å². The maximum absolute atomic E-state index is 4.62. The first kappa shape index (κ1) is 14.7. The number of nitrogens with zero attached hydrogens (tertiary/aromatic N) is 2. The lowest BCUT2D eigenvalue weighted by Gasteiger charge is -2.07. The van der Waals surface area contributed by atoms with Crippen molar-refractivity contribution >= 4 is 0 Å². The second kappa shape index (κ2) is 7.15. The lowest BCUT2D eigenvalue weighted by atomic mass is 10.0. The topological polar surface area (TPSA) is 37.8 Å². The molecule has 3 heteroatoms. The summed E-state index contributed by atoms with van der Waals surface area (Å²) in [4.78, 5) is 8.99. The third-order valence-corrected chi connectivity index (χ3v) is 3.43. The van der Waals surface area contributed by atoms with Gasteiger partial charge in [0.1, 0.15) is 5.82 Å². The van der Waals surface area contributed by atoms with E-state index in [9.17, 15) is 0 Å². The fraction of sp³-hybridized carbons (Fsp3) is 0.412. The lowest BCUT2D eigenvalue weighted by Crippen LogP contribution is -2.15. The van der Waals surface area contributed by atoms with Crippen molar-refractivity contribution in [3.05, 3.63) is 58.7 Å². The van der Waals surface area contributed by atoms with Crippen LogP contribution in [0.4, 0.5) is 0 Å². The molecular formula is C17H23N3. The fourth-order valence-corrected chi connectivity index (χ4v) is 2.11. The fourth-order valence-electron chi connectivity index (χ4n) is 2.11. The monoisotopic (exact) mass is 269 g/mol. The third-order valence-electron chi connectivity index (χ3n) is 3.43. The Morgan fingerprint density at radius 3 is 2.70 bits per heavy atom. The minimum absolute atomic E-state index is 0.794. The normalized spacial score (nSPS) is 10.8. The van der Waals surface area contributed by atoms with Crippen LogP contribution in [0.2, 0.25) is 0 Å². The summed E-state index contributed by atoms with van der Waals surface area (Å²) in [5.74, 6) is 0.893. The van der Waals surface area contributed by atoms with Crippen LogP contribution >= 0.6 is 0 Å². The minimum atomic E-state index is 0.794. The first-order valence-electron chi connectivity index (χ1n) is 7.26. The van der Waals surface area contributed by atoms with E-state index in [1.807, 2.05) is 12.3 Å². The van der Waals surface area contributed by atoms with Crippen LogP contribution < -0.4 is 5.32 Å². The van der Waals surface area contributed by atoms with Crippen molar-refractivity contribution in [1.82, 2.24) is 15.3 Å². The van der Waals surface area contributed by atoms with Crippen LogP contribution in [0.3, 0.4) is 0 Å². The summed E-state index contributed by atoms with van der Waals surface area (Å²) in [5.41, 5.74) is 4.98. The second-order valence-electron chi connectivity index (χ2n) is 5.24. The van der Waals surface area contributed by atoms with Crippen molar-refractivity contribution in [3.63, 3.8) is 0 Å². The van der Waals surface area contributed by atoms with Gasteiger partial charge in [-0.25, -0.2) is 9.97 Å². The predicted octanol–water partition coefficient (Wildman–Crippen LogP) is 3.18. The molecule has 0 spiro atoms. The molecule has 2 aromatic rings. The van der Waals surface area contributed by atoms with E-state index in [4.69, 9.17) is 0 Å². The van der Waals surface area contributed by atoms with Crippen LogP contribution in [0.5, 0.6) is 0 Å². The predicted molar refractivity (Wildman–Crippen MR) is 82.8 cm³/mol. The van der Waals surface area contributed by atoms with Gasteiger partial charge < -0.3 is 5.32 Å². The zero-order valence-corrected chi connectivity index (χ0v) is 12.6. The molecule has 0 atom stereocenters. The van der Waals surface area contributed by atoms with Crippen LogP contribution in [0, 0.1) is 13.8 Å². The number of hydrogen-bond acceptors (Lipinski definition) is 3. The van der Waals surface area contributed by atoms with Gasteiger partial charge in [-0.1, -0.05) is 25.1 Å². The van der Waals surface area contributed by atoms with Crippen LogP contribution in [-0.4, -0.2) is 16.5 Å². The zero-order valence-electron chi connectivity index (χ0n) is 12.6. The van der Waals surface area contributed by atoms with Crippen molar-refractivity contribution in [3.8, 4) is 0 Å². The number of aryl methyl sites for hydroxylation is 2. The number of rotatable bonds is 6. The van der Waals surface area contributed by atoms with Gasteiger partial charge in [0.15, 0.2) is 0 Å². The average Bonchev–Trinajstić information content (AvgIpc) is 2.44. The standard InChI is InChI=1S/C17H23N3/c1-4-8-18-12-16-7-9-19-17(20-16)11-15-6-5-13(2)14(3)10-15/h5-7,9-10,18H,4,8,11-12H2,1-3H3. The zero-order chi connectivity index (χ0) is 14.4. The van der Waals surface area contributed by atoms with Gasteiger partial charge in [-0.3, -0.25) is 0 Å². The molecule has 20 heavy (non-hydrogen) atoms. The number of nitrogens with one attached hydrogen (secondary N) is 1. The molecule has 1 aromatic heterocycles. The van der Waals surface area contributed by atoms with E-state index in [-0.39, 0.29) is 0 Å². The first-order valence-corrected chi connectivity index (χ1v) is 7.26. The molecule has 2 rings (SSSR count). The quantitative estimate of drug-likeness (QED) is 0.818. The molecule has 0 amide bonds. The van der Waals surface area contributed by atoms with Crippen molar-refractivity contribution in [2.24, 2.45) is 0 Å². The number of hydrogen-bond donors (Lipinski definition) is 1. The summed E-state index contributed by atoms with van der Waals surface area (Å²) >= 11 is 0. The largest absolute Gasteiger partial charge is 0.311 e. The highest BCUT2D eigenvalue weighted by Gasteiger charge is 2.03. The third kappa shape index (κ3) is 4.14. The van der Waals surface area contributed by atoms with E-state index in [1.165, 1.54) is 16.7 Å². The Morgan fingerprint density at radius 2 is 1.95 bits per heavy atom. The molecule has 0 aliphatic carbocycles. The highest BCUT2D eigenvalue weighted by Crippen LogP contribution is 2.12. The Labute approximate surface area is 121 Å². The summed E-state index contributed by atoms with van der Waals surface area (Å²) in [6.07, 6.45) is 3.79. The van der Waals surface area contributed by atoms with Crippen LogP contribution in [-0.2, 0) is 13.0 Å². The van der Waals surface area contributed by atoms with Crippen molar-refractivity contribution in [2.75, 3.05) is 6.54 Å². The van der Waals surface area contributed by atoms with E-state index in [1.54, 1.807) is 0 Å². The molecule has 0 unspecified atom stereocenters.